The third-order valence-electron chi connectivity index (χ3n) is 5.00. The van der Waals surface area contributed by atoms with Crippen LogP contribution in [0.4, 0.5) is 4.39 Å². The van der Waals surface area contributed by atoms with Crippen LogP contribution in [0.1, 0.15) is 42.6 Å². The molecule has 2 N–H and O–H groups in total. The summed E-state index contributed by atoms with van der Waals surface area (Å²) in [5.41, 5.74) is 2.50. The van der Waals surface area contributed by atoms with Crippen LogP contribution >= 0.6 is 0 Å². The first-order valence-electron chi connectivity index (χ1n) is 8.68. The first kappa shape index (κ1) is 17.6. The van der Waals surface area contributed by atoms with Gasteiger partial charge in [-0.2, -0.15) is 5.10 Å². The van der Waals surface area contributed by atoms with Crippen LogP contribution in [0, 0.1) is 19.7 Å². The van der Waals surface area contributed by atoms with Crippen molar-refractivity contribution in [1.82, 2.24) is 15.1 Å². The molecule has 0 atom stereocenters. The summed E-state index contributed by atoms with van der Waals surface area (Å²) in [4.78, 5) is 12.3. The van der Waals surface area contributed by atoms with E-state index in [0.29, 0.717) is 6.54 Å². The molecule has 0 bridgehead atoms. The van der Waals surface area contributed by atoms with Gasteiger partial charge in [-0.15, -0.1) is 0 Å². The summed E-state index contributed by atoms with van der Waals surface area (Å²) in [5, 5.41) is 17.7. The van der Waals surface area contributed by atoms with Gasteiger partial charge in [-0.1, -0.05) is 12.8 Å². The second kappa shape index (κ2) is 6.96. The van der Waals surface area contributed by atoms with Crippen molar-refractivity contribution >= 4 is 5.91 Å². The third kappa shape index (κ3) is 3.90. The van der Waals surface area contributed by atoms with Gasteiger partial charge in [0.15, 0.2) is 0 Å². The SMILES string of the molecule is Cc1nn(-c2ccc(F)cc2)c(C)c1CC(=O)NCC1(O)CCCC1. The number of benzene rings is 1. The molecule has 0 radical (unpaired) electrons. The number of aliphatic hydroxyl groups is 1. The van der Waals surface area contributed by atoms with Crippen LogP contribution in [0.2, 0.25) is 0 Å². The summed E-state index contributed by atoms with van der Waals surface area (Å²) in [6.07, 6.45) is 3.72. The summed E-state index contributed by atoms with van der Waals surface area (Å²) >= 11 is 0. The number of amides is 1. The van der Waals surface area contributed by atoms with Crippen LogP contribution in [0.5, 0.6) is 0 Å². The number of carbonyl (C=O) groups excluding carboxylic acids is 1. The number of rotatable bonds is 5. The van der Waals surface area contributed by atoms with Crippen molar-refractivity contribution in [3.8, 4) is 5.69 Å². The smallest absolute Gasteiger partial charge is 0.224 e. The Morgan fingerprint density at radius 1 is 1.28 bits per heavy atom. The summed E-state index contributed by atoms with van der Waals surface area (Å²) in [5.74, 6) is -0.417. The molecule has 1 aromatic carbocycles. The molecule has 1 aliphatic rings. The van der Waals surface area contributed by atoms with Crippen molar-refractivity contribution in [2.75, 3.05) is 6.54 Å². The molecule has 25 heavy (non-hydrogen) atoms. The van der Waals surface area contributed by atoms with Gasteiger partial charge in [0.1, 0.15) is 5.82 Å². The average molecular weight is 345 g/mol. The Balaban J connectivity index is 1.70. The summed E-state index contributed by atoms with van der Waals surface area (Å²) in [6.45, 7) is 4.06. The van der Waals surface area contributed by atoms with E-state index in [0.717, 1.165) is 48.3 Å². The van der Waals surface area contributed by atoms with Crippen LogP contribution in [0.3, 0.4) is 0 Å². The van der Waals surface area contributed by atoms with Crippen molar-refractivity contribution in [2.24, 2.45) is 0 Å². The zero-order valence-corrected chi connectivity index (χ0v) is 14.7. The van der Waals surface area contributed by atoms with E-state index in [1.54, 1.807) is 16.8 Å². The van der Waals surface area contributed by atoms with Crippen molar-refractivity contribution < 1.29 is 14.3 Å². The lowest BCUT2D eigenvalue weighted by Gasteiger charge is -2.22. The van der Waals surface area contributed by atoms with Crippen LogP contribution in [-0.4, -0.2) is 32.9 Å². The molecule has 134 valence electrons. The van der Waals surface area contributed by atoms with E-state index in [-0.39, 0.29) is 18.1 Å². The summed E-state index contributed by atoms with van der Waals surface area (Å²) < 4.78 is 14.8. The van der Waals surface area contributed by atoms with Crippen molar-refractivity contribution in [3.63, 3.8) is 0 Å². The number of nitrogens with one attached hydrogen (secondary N) is 1. The fourth-order valence-corrected chi connectivity index (χ4v) is 3.46. The molecule has 1 saturated carbocycles. The van der Waals surface area contributed by atoms with Crippen LogP contribution in [-0.2, 0) is 11.2 Å². The van der Waals surface area contributed by atoms with E-state index in [2.05, 4.69) is 10.4 Å². The van der Waals surface area contributed by atoms with Crippen LogP contribution < -0.4 is 5.32 Å². The second-order valence-electron chi connectivity index (χ2n) is 6.92. The molecule has 1 heterocycles. The highest BCUT2D eigenvalue weighted by molar-refractivity contribution is 5.79. The monoisotopic (exact) mass is 345 g/mol. The van der Waals surface area contributed by atoms with Gasteiger partial charge in [-0.3, -0.25) is 4.79 Å². The second-order valence-corrected chi connectivity index (χ2v) is 6.92. The minimum atomic E-state index is -0.752. The van der Waals surface area contributed by atoms with Gasteiger partial charge in [0.05, 0.1) is 23.4 Å². The van der Waals surface area contributed by atoms with E-state index in [4.69, 9.17) is 0 Å². The Bertz CT molecular complexity index is 762. The molecule has 0 saturated heterocycles. The molecule has 1 fully saturated rings. The van der Waals surface area contributed by atoms with Gasteiger partial charge in [-0.05, 0) is 51.0 Å². The molecular formula is C19H24FN3O2. The molecule has 1 amide bonds. The number of carbonyl (C=O) groups is 1. The largest absolute Gasteiger partial charge is 0.388 e. The fourth-order valence-electron chi connectivity index (χ4n) is 3.46. The number of hydrogen-bond donors (Lipinski definition) is 2. The van der Waals surface area contributed by atoms with Gasteiger partial charge in [-0.25, -0.2) is 9.07 Å². The van der Waals surface area contributed by atoms with Gasteiger partial charge in [0, 0.05) is 17.8 Å². The van der Waals surface area contributed by atoms with Gasteiger partial charge >= 0.3 is 0 Å². The highest BCUT2D eigenvalue weighted by Crippen LogP contribution is 2.28. The number of hydrogen-bond acceptors (Lipinski definition) is 3. The maximum atomic E-state index is 13.1. The molecular weight excluding hydrogens is 321 g/mol. The Morgan fingerprint density at radius 2 is 1.92 bits per heavy atom. The van der Waals surface area contributed by atoms with E-state index in [1.165, 1.54) is 12.1 Å². The number of aryl methyl sites for hydroxylation is 1. The Labute approximate surface area is 146 Å². The fraction of sp³-hybridized carbons (Fsp3) is 0.474. The van der Waals surface area contributed by atoms with Gasteiger partial charge in [0.2, 0.25) is 5.91 Å². The summed E-state index contributed by atoms with van der Waals surface area (Å²) in [6, 6.07) is 6.10. The van der Waals surface area contributed by atoms with E-state index in [1.807, 2.05) is 13.8 Å². The molecule has 3 rings (SSSR count). The molecule has 5 nitrogen and oxygen atoms in total. The topological polar surface area (TPSA) is 67.2 Å². The maximum Gasteiger partial charge on any atom is 0.224 e. The standard InChI is InChI=1S/C19H24FN3O2/c1-13-17(11-18(24)21-12-19(25)9-3-4-10-19)14(2)23(22-13)16-7-5-15(20)6-8-16/h5-8,25H,3-4,9-12H2,1-2H3,(H,21,24). The minimum absolute atomic E-state index is 0.120. The van der Waals surface area contributed by atoms with E-state index >= 15 is 0 Å². The van der Waals surface area contributed by atoms with Crippen molar-refractivity contribution in [1.29, 1.82) is 0 Å². The van der Waals surface area contributed by atoms with Crippen molar-refractivity contribution in [2.45, 2.75) is 51.6 Å². The Kier molecular flexibility index (Phi) is 4.90. The van der Waals surface area contributed by atoms with E-state index in [9.17, 15) is 14.3 Å². The zero-order valence-electron chi connectivity index (χ0n) is 14.7. The van der Waals surface area contributed by atoms with Gasteiger partial charge < -0.3 is 10.4 Å². The summed E-state index contributed by atoms with van der Waals surface area (Å²) in [7, 11) is 0. The number of halogens is 1. The highest BCUT2D eigenvalue weighted by Gasteiger charge is 2.31. The van der Waals surface area contributed by atoms with E-state index < -0.39 is 5.60 Å². The Hall–Kier alpha value is -2.21. The lowest BCUT2D eigenvalue weighted by molar-refractivity contribution is -0.121. The maximum absolute atomic E-state index is 13.1. The average Bonchev–Trinajstić information content (AvgIpc) is 3.13. The van der Waals surface area contributed by atoms with Crippen LogP contribution in [0.25, 0.3) is 5.69 Å². The first-order valence-corrected chi connectivity index (χ1v) is 8.68. The highest BCUT2D eigenvalue weighted by atomic mass is 19.1. The quantitative estimate of drug-likeness (QED) is 0.875. The molecule has 1 aliphatic carbocycles. The van der Waals surface area contributed by atoms with Gasteiger partial charge in [0.25, 0.3) is 0 Å². The molecule has 1 aromatic heterocycles. The first-order chi connectivity index (χ1) is 11.9. The lowest BCUT2D eigenvalue weighted by atomic mass is 10.0. The third-order valence-corrected chi connectivity index (χ3v) is 5.00. The predicted molar refractivity (Wildman–Crippen MR) is 93.1 cm³/mol. The lowest BCUT2D eigenvalue weighted by Crippen LogP contribution is -2.41. The minimum Gasteiger partial charge on any atom is -0.388 e. The molecule has 2 aromatic rings. The molecule has 0 spiro atoms. The van der Waals surface area contributed by atoms with Crippen molar-refractivity contribution in [3.05, 3.63) is 47.0 Å². The zero-order chi connectivity index (χ0) is 18.0. The number of nitrogens with zero attached hydrogens (tertiary/aromatic N) is 2. The molecule has 0 aliphatic heterocycles. The number of aromatic nitrogens is 2. The van der Waals surface area contributed by atoms with Crippen LogP contribution in [0.15, 0.2) is 24.3 Å². The predicted octanol–water partition coefficient (Wildman–Crippen LogP) is 2.59. The molecule has 6 heteroatoms. The normalized spacial score (nSPS) is 16.2. The Morgan fingerprint density at radius 3 is 2.56 bits per heavy atom. The molecule has 0 unspecified atom stereocenters.